The molecule has 0 aliphatic rings. The van der Waals surface area contributed by atoms with E-state index < -0.39 is 0 Å². The van der Waals surface area contributed by atoms with E-state index in [0.29, 0.717) is 0 Å². The molecule has 4 heteroatoms. The van der Waals surface area contributed by atoms with Crippen LogP contribution >= 0.6 is 33.9 Å². The molecule has 1 aromatic heterocycles. The van der Waals surface area contributed by atoms with Gasteiger partial charge in [0.2, 0.25) is 0 Å². The minimum atomic E-state index is 0.750. The summed E-state index contributed by atoms with van der Waals surface area (Å²) < 4.78 is 1.27. The van der Waals surface area contributed by atoms with Crippen LogP contribution in [0, 0.1) is 10.5 Å². The van der Waals surface area contributed by atoms with E-state index in [4.69, 9.17) is 5.73 Å². The van der Waals surface area contributed by atoms with Crippen molar-refractivity contribution < 1.29 is 0 Å². The van der Waals surface area contributed by atoms with E-state index in [1.54, 1.807) is 0 Å². The Hall–Kier alpha value is -0.590. The third-order valence-electron chi connectivity index (χ3n) is 2.27. The van der Waals surface area contributed by atoms with Gasteiger partial charge in [-0.3, -0.25) is 0 Å². The minimum Gasteiger partial charge on any atom is -0.380 e. The van der Waals surface area contributed by atoms with Gasteiger partial charge in [-0.05, 0) is 77.3 Å². The molecule has 0 aliphatic carbocycles. The maximum atomic E-state index is 4.85. The average Bonchev–Trinajstić information content (AvgIpc) is 2.75. The molecule has 0 unspecified atom stereocenters. The Morgan fingerprint density at radius 3 is 2.33 bits per heavy atom. The predicted octanol–water partition coefficient (Wildman–Crippen LogP) is 4.24. The van der Waals surface area contributed by atoms with Crippen molar-refractivity contribution in [3.8, 4) is 0 Å². The summed E-state index contributed by atoms with van der Waals surface area (Å²) in [6, 6.07) is 10.6. The molecule has 3 N–H and O–H groups in total. The molecule has 0 radical (unpaired) electrons. The van der Waals surface area contributed by atoms with E-state index in [-0.39, 0.29) is 0 Å². The van der Waals surface area contributed by atoms with E-state index in [2.05, 4.69) is 70.5 Å². The summed E-state index contributed by atoms with van der Waals surface area (Å²) in [4.78, 5) is 1.41. The van der Waals surface area contributed by atoms with Crippen molar-refractivity contribution in [3.05, 3.63) is 49.7 Å². The number of aryl methyl sites for hydroxylation is 1. The molecule has 2 aromatic rings. The van der Waals surface area contributed by atoms with E-state index >= 15 is 0 Å². The van der Waals surface area contributed by atoms with E-state index in [1.807, 2.05) is 18.3 Å². The Kier molecular flexibility index (Phi) is 7.31. The first-order valence-corrected chi connectivity index (χ1v) is 7.85. The number of hydrogen-bond acceptors (Lipinski definition) is 3. The second kappa shape index (κ2) is 8.50. The molecule has 2 rings (SSSR count). The Morgan fingerprint density at radius 1 is 1.22 bits per heavy atom. The summed E-state index contributed by atoms with van der Waals surface area (Å²) >= 11 is 4.12. The van der Waals surface area contributed by atoms with Crippen molar-refractivity contribution >= 4 is 39.6 Å². The fraction of sp³-hybridized carbons (Fsp3) is 0.286. The molecule has 0 aliphatic heterocycles. The highest BCUT2D eigenvalue weighted by Gasteiger charge is 1.99. The molecule has 1 aromatic carbocycles. The fourth-order valence-corrected chi connectivity index (χ4v) is 2.54. The molecule has 0 spiro atoms. The highest BCUT2D eigenvalue weighted by Crippen LogP contribution is 2.18. The Bertz CT molecular complexity index is 451. The van der Waals surface area contributed by atoms with Crippen LogP contribution in [0.4, 0.5) is 5.69 Å². The first-order chi connectivity index (χ1) is 8.67. The highest BCUT2D eigenvalue weighted by molar-refractivity contribution is 14.1. The largest absolute Gasteiger partial charge is 0.380 e. The molecule has 1 heterocycles. The highest BCUT2D eigenvalue weighted by atomic mass is 127. The zero-order chi connectivity index (χ0) is 13.4. The van der Waals surface area contributed by atoms with Gasteiger partial charge in [0.1, 0.15) is 0 Å². The van der Waals surface area contributed by atoms with Crippen LogP contribution in [0.2, 0.25) is 0 Å². The monoisotopic (exact) mass is 374 g/mol. The first-order valence-electron chi connectivity index (χ1n) is 5.89. The number of anilines is 1. The lowest BCUT2D eigenvalue weighted by Gasteiger charge is -2.05. The van der Waals surface area contributed by atoms with Gasteiger partial charge in [-0.25, -0.2) is 0 Å². The zero-order valence-electron chi connectivity index (χ0n) is 10.7. The van der Waals surface area contributed by atoms with Crippen LogP contribution in [0.3, 0.4) is 0 Å². The molecular weight excluding hydrogens is 355 g/mol. The maximum absolute atomic E-state index is 4.85. The summed E-state index contributed by atoms with van der Waals surface area (Å²) in [5.74, 6) is 0. The number of nitrogens with two attached hydrogens (primary N) is 1. The van der Waals surface area contributed by atoms with Gasteiger partial charge in [-0.15, -0.1) is 11.3 Å². The Morgan fingerprint density at radius 2 is 1.83 bits per heavy atom. The van der Waals surface area contributed by atoms with Gasteiger partial charge in [-0.2, -0.15) is 0 Å². The second-order valence-corrected chi connectivity index (χ2v) is 6.04. The molecule has 0 saturated carbocycles. The van der Waals surface area contributed by atoms with Crippen LogP contribution in [0.25, 0.3) is 0 Å². The number of thiophene rings is 1. The second-order valence-electron chi connectivity index (χ2n) is 3.80. The number of hydrogen-bond donors (Lipinski definition) is 2. The summed E-state index contributed by atoms with van der Waals surface area (Å²) in [5, 5.41) is 5.56. The maximum Gasteiger partial charge on any atom is 0.0496 e. The molecule has 0 saturated heterocycles. The fourth-order valence-electron chi connectivity index (χ4n) is 1.34. The summed E-state index contributed by atoms with van der Waals surface area (Å²) in [7, 11) is 0. The van der Waals surface area contributed by atoms with Gasteiger partial charge in [0.25, 0.3) is 0 Å². The molecule has 2 nitrogen and oxygen atoms in total. The molecular formula is C14H19IN2S. The van der Waals surface area contributed by atoms with Crippen LogP contribution in [-0.4, -0.2) is 6.54 Å². The van der Waals surface area contributed by atoms with Gasteiger partial charge >= 0.3 is 0 Å². The van der Waals surface area contributed by atoms with E-state index in [0.717, 1.165) is 13.1 Å². The number of nitrogens with one attached hydrogen (secondary N) is 1. The van der Waals surface area contributed by atoms with Gasteiger partial charge in [-0.1, -0.05) is 6.92 Å². The lowest BCUT2D eigenvalue weighted by atomic mass is 10.3. The topological polar surface area (TPSA) is 38.0 Å². The molecule has 0 amide bonds. The number of benzene rings is 1. The summed E-state index contributed by atoms with van der Waals surface area (Å²) in [6.45, 7) is 5.73. The normalized spacial score (nSPS) is 9.56. The van der Waals surface area contributed by atoms with Gasteiger partial charge in [0.15, 0.2) is 0 Å². The van der Waals surface area contributed by atoms with E-state index in [1.165, 1.54) is 19.7 Å². The Labute approximate surface area is 127 Å². The minimum absolute atomic E-state index is 0.750. The van der Waals surface area contributed by atoms with Crippen molar-refractivity contribution in [1.29, 1.82) is 0 Å². The van der Waals surface area contributed by atoms with E-state index in [9.17, 15) is 0 Å². The first kappa shape index (κ1) is 15.5. The van der Waals surface area contributed by atoms with Gasteiger partial charge < -0.3 is 11.1 Å². The van der Waals surface area contributed by atoms with Gasteiger partial charge in [0.05, 0.1) is 0 Å². The lowest BCUT2D eigenvalue weighted by molar-refractivity contribution is 1.14. The van der Waals surface area contributed by atoms with Crippen LogP contribution < -0.4 is 11.1 Å². The summed E-state index contributed by atoms with van der Waals surface area (Å²) in [5.41, 5.74) is 7.40. The van der Waals surface area contributed by atoms with Crippen LogP contribution in [-0.2, 0) is 6.54 Å². The zero-order valence-corrected chi connectivity index (χ0v) is 13.7. The smallest absolute Gasteiger partial charge is 0.0496 e. The molecule has 0 atom stereocenters. The third-order valence-corrected chi connectivity index (χ3v) is 4.01. The summed E-state index contributed by atoms with van der Waals surface area (Å²) in [6.07, 6.45) is 0. The van der Waals surface area contributed by atoms with Crippen molar-refractivity contribution in [1.82, 2.24) is 0 Å². The molecule has 0 fully saturated rings. The predicted molar refractivity (Wildman–Crippen MR) is 90.3 cm³/mol. The van der Waals surface area contributed by atoms with Crippen molar-refractivity contribution in [2.75, 3.05) is 11.9 Å². The quantitative estimate of drug-likeness (QED) is 0.789. The molecule has 98 valence electrons. The standard InChI is InChI=1S/C12H12INS.C2H7N/c1-9-6-7-15-12(9)8-14-11-4-2-10(13)3-5-11;1-2-3/h2-7,14H,8H2,1H3;2-3H2,1H3. The molecule has 0 bridgehead atoms. The van der Waals surface area contributed by atoms with Gasteiger partial charge in [0, 0.05) is 20.7 Å². The van der Waals surface area contributed by atoms with Crippen molar-refractivity contribution in [2.45, 2.75) is 20.4 Å². The number of halogens is 1. The van der Waals surface area contributed by atoms with Crippen LogP contribution in [0.5, 0.6) is 0 Å². The van der Waals surface area contributed by atoms with Crippen LogP contribution in [0.1, 0.15) is 17.4 Å². The Balaban J connectivity index is 0.000000492. The third kappa shape index (κ3) is 5.37. The van der Waals surface area contributed by atoms with Crippen LogP contribution in [0.15, 0.2) is 35.7 Å². The van der Waals surface area contributed by atoms with Crippen molar-refractivity contribution in [2.24, 2.45) is 5.73 Å². The van der Waals surface area contributed by atoms with Crippen molar-refractivity contribution in [3.63, 3.8) is 0 Å². The number of rotatable bonds is 3. The average molecular weight is 374 g/mol. The SMILES string of the molecule is CCN.Cc1ccsc1CNc1ccc(I)cc1. The lowest BCUT2D eigenvalue weighted by Crippen LogP contribution is -1.98. The molecule has 18 heavy (non-hydrogen) atoms.